The molecule has 1 N–H and O–H groups in total. The van der Waals surface area contributed by atoms with Gasteiger partial charge in [0.15, 0.2) is 0 Å². The Balaban J connectivity index is 3.05. The van der Waals surface area contributed by atoms with Gasteiger partial charge in [-0.1, -0.05) is 26.8 Å². The van der Waals surface area contributed by atoms with Gasteiger partial charge in [0.25, 0.3) is 5.91 Å². The maximum Gasteiger partial charge on any atom is 0.254 e. The van der Waals surface area contributed by atoms with E-state index in [1.165, 1.54) is 0 Å². The van der Waals surface area contributed by atoms with Gasteiger partial charge in [0.05, 0.1) is 0 Å². The largest absolute Gasteiger partial charge is 0.508 e. The predicted molar refractivity (Wildman–Crippen MR) is 73.9 cm³/mol. The lowest BCUT2D eigenvalue weighted by molar-refractivity contribution is 0.0628. The highest BCUT2D eigenvalue weighted by atomic mass is 16.3. The highest BCUT2D eigenvalue weighted by molar-refractivity contribution is 5.96. The number of carbonyl (C=O) groups excluding carboxylic acids is 1. The molecule has 100 valence electrons. The quantitative estimate of drug-likeness (QED) is 0.874. The first-order chi connectivity index (χ1) is 8.16. The molecule has 18 heavy (non-hydrogen) atoms. The van der Waals surface area contributed by atoms with Gasteiger partial charge < -0.3 is 10.0 Å². The molecule has 0 heterocycles. The average Bonchev–Trinajstić information content (AvgIpc) is 2.28. The van der Waals surface area contributed by atoms with Crippen LogP contribution in [0.1, 0.15) is 43.6 Å². The van der Waals surface area contributed by atoms with Crippen molar-refractivity contribution in [3.63, 3.8) is 0 Å². The number of aromatic hydroxyl groups is 1. The van der Waals surface area contributed by atoms with E-state index in [9.17, 15) is 9.90 Å². The molecule has 0 radical (unpaired) electrons. The highest BCUT2D eigenvalue weighted by Gasteiger charge is 2.28. The molecule has 1 atom stereocenters. The second-order valence-corrected chi connectivity index (χ2v) is 5.91. The Morgan fingerprint density at radius 1 is 1.33 bits per heavy atom. The van der Waals surface area contributed by atoms with E-state index in [0.29, 0.717) is 11.1 Å². The number of hydrogen-bond acceptors (Lipinski definition) is 2. The first-order valence-corrected chi connectivity index (χ1v) is 6.22. The SMILES string of the molecule is Cc1c(O)cccc1C(=O)N(C)C(C)C(C)(C)C. The van der Waals surface area contributed by atoms with Gasteiger partial charge in [0, 0.05) is 24.2 Å². The van der Waals surface area contributed by atoms with Crippen LogP contribution in [0.25, 0.3) is 0 Å². The van der Waals surface area contributed by atoms with E-state index in [2.05, 4.69) is 20.8 Å². The molecule has 0 aromatic heterocycles. The molecule has 0 aliphatic rings. The fourth-order valence-electron chi connectivity index (χ4n) is 1.80. The summed E-state index contributed by atoms with van der Waals surface area (Å²) < 4.78 is 0. The molecule has 1 rings (SSSR count). The minimum atomic E-state index is -0.0502. The second-order valence-electron chi connectivity index (χ2n) is 5.91. The summed E-state index contributed by atoms with van der Waals surface area (Å²) in [5, 5.41) is 9.66. The van der Waals surface area contributed by atoms with Crippen LogP contribution in [0.5, 0.6) is 5.75 Å². The van der Waals surface area contributed by atoms with Crippen molar-refractivity contribution in [3.05, 3.63) is 29.3 Å². The van der Waals surface area contributed by atoms with E-state index in [-0.39, 0.29) is 23.1 Å². The Hall–Kier alpha value is -1.51. The lowest BCUT2D eigenvalue weighted by Gasteiger charge is -2.35. The zero-order valence-corrected chi connectivity index (χ0v) is 12.1. The van der Waals surface area contributed by atoms with Gasteiger partial charge in [-0.3, -0.25) is 4.79 Å². The van der Waals surface area contributed by atoms with Crippen LogP contribution in [0.4, 0.5) is 0 Å². The van der Waals surface area contributed by atoms with Gasteiger partial charge in [-0.25, -0.2) is 0 Å². The van der Waals surface area contributed by atoms with Crippen LogP contribution in [0.3, 0.4) is 0 Å². The lowest BCUT2D eigenvalue weighted by Crippen LogP contribution is -2.43. The Kier molecular flexibility index (Phi) is 4.05. The summed E-state index contributed by atoms with van der Waals surface area (Å²) in [6.45, 7) is 10.1. The zero-order chi connectivity index (χ0) is 14.1. The lowest BCUT2D eigenvalue weighted by atomic mass is 9.87. The van der Waals surface area contributed by atoms with Crippen molar-refractivity contribution in [2.75, 3.05) is 7.05 Å². The average molecular weight is 249 g/mol. The Bertz CT molecular complexity index is 446. The molecule has 0 saturated carbocycles. The summed E-state index contributed by atoms with van der Waals surface area (Å²) in [4.78, 5) is 14.2. The molecule has 1 aromatic rings. The fourth-order valence-corrected chi connectivity index (χ4v) is 1.80. The number of benzene rings is 1. The summed E-state index contributed by atoms with van der Waals surface area (Å²) in [5.74, 6) is 0.114. The molecule has 1 unspecified atom stereocenters. The summed E-state index contributed by atoms with van der Waals surface area (Å²) in [6, 6.07) is 5.17. The molecule has 0 bridgehead atoms. The number of amides is 1. The molecule has 0 saturated heterocycles. The van der Waals surface area contributed by atoms with Gasteiger partial charge in [-0.15, -0.1) is 0 Å². The summed E-state index contributed by atoms with van der Waals surface area (Å²) in [7, 11) is 1.81. The van der Waals surface area contributed by atoms with Crippen molar-refractivity contribution in [1.82, 2.24) is 4.90 Å². The van der Waals surface area contributed by atoms with Gasteiger partial charge in [-0.05, 0) is 31.4 Å². The van der Waals surface area contributed by atoms with Crippen LogP contribution >= 0.6 is 0 Å². The molecule has 3 nitrogen and oxygen atoms in total. The first-order valence-electron chi connectivity index (χ1n) is 6.22. The van der Waals surface area contributed by atoms with Crippen LogP contribution in [-0.4, -0.2) is 29.0 Å². The molecular formula is C15H23NO2. The molecular weight excluding hydrogens is 226 g/mol. The van der Waals surface area contributed by atoms with Crippen molar-refractivity contribution < 1.29 is 9.90 Å². The smallest absolute Gasteiger partial charge is 0.254 e. The molecule has 1 aromatic carbocycles. The number of hydrogen-bond donors (Lipinski definition) is 1. The van der Waals surface area contributed by atoms with Crippen molar-refractivity contribution >= 4 is 5.91 Å². The maximum atomic E-state index is 12.4. The minimum Gasteiger partial charge on any atom is -0.508 e. The number of phenols is 1. The number of carbonyl (C=O) groups is 1. The number of phenolic OH excluding ortho intramolecular Hbond substituents is 1. The van der Waals surface area contributed by atoms with Crippen molar-refractivity contribution in [3.8, 4) is 5.75 Å². The van der Waals surface area contributed by atoms with Gasteiger partial charge in [0.2, 0.25) is 0 Å². The van der Waals surface area contributed by atoms with Crippen molar-refractivity contribution in [1.29, 1.82) is 0 Å². The monoisotopic (exact) mass is 249 g/mol. The van der Waals surface area contributed by atoms with Crippen LogP contribution in [-0.2, 0) is 0 Å². The summed E-state index contributed by atoms with van der Waals surface area (Å²) in [6.07, 6.45) is 0. The van der Waals surface area contributed by atoms with Crippen molar-refractivity contribution in [2.24, 2.45) is 5.41 Å². The topological polar surface area (TPSA) is 40.5 Å². The Morgan fingerprint density at radius 2 is 1.89 bits per heavy atom. The molecule has 0 spiro atoms. The molecule has 0 fully saturated rings. The van der Waals surface area contributed by atoms with Crippen LogP contribution in [0.15, 0.2) is 18.2 Å². The van der Waals surface area contributed by atoms with Gasteiger partial charge >= 0.3 is 0 Å². The van der Waals surface area contributed by atoms with Gasteiger partial charge in [-0.2, -0.15) is 0 Å². The van der Waals surface area contributed by atoms with E-state index in [0.717, 1.165) is 0 Å². The molecule has 0 aliphatic carbocycles. The third kappa shape index (κ3) is 2.84. The van der Waals surface area contributed by atoms with E-state index in [1.54, 1.807) is 30.0 Å². The molecule has 1 amide bonds. The highest BCUT2D eigenvalue weighted by Crippen LogP contribution is 2.26. The maximum absolute atomic E-state index is 12.4. The predicted octanol–water partition coefficient (Wildman–Crippen LogP) is 3.21. The number of rotatable bonds is 2. The number of nitrogens with zero attached hydrogens (tertiary/aromatic N) is 1. The van der Waals surface area contributed by atoms with Crippen LogP contribution < -0.4 is 0 Å². The van der Waals surface area contributed by atoms with Gasteiger partial charge in [0.1, 0.15) is 5.75 Å². The third-order valence-corrected chi connectivity index (χ3v) is 3.69. The Morgan fingerprint density at radius 3 is 2.39 bits per heavy atom. The molecule has 3 heteroatoms. The van der Waals surface area contributed by atoms with E-state index in [4.69, 9.17) is 0 Å². The fraction of sp³-hybridized carbons (Fsp3) is 0.533. The minimum absolute atomic E-state index is 0.0230. The first kappa shape index (κ1) is 14.6. The van der Waals surface area contributed by atoms with Crippen LogP contribution in [0.2, 0.25) is 0 Å². The second kappa shape index (κ2) is 5.01. The third-order valence-electron chi connectivity index (χ3n) is 3.69. The molecule has 0 aliphatic heterocycles. The van der Waals surface area contributed by atoms with Crippen molar-refractivity contribution in [2.45, 2.75) is 40.7 Å². The summed E-state index contributed by atoms with van der Waals surface area (Å²) >= 11 is 0. The van der Waals surface area contributed by atoms with E-state index in [1.807, 2.05) is 14.0 Å². The standard InChI is InChI=1S/C15H23NO2/c1-10-12(8-7-9-13(10)17)14(18)16(6)11(2)15(3,4)5/h7-9,11,17H,1-6H3. The van der Waals surface area contributed by atoms with E-state index < -0.39 is 0 Å². The summed E-state index contributed by atoms with van der Waals surface area (Å²) in [5.41, 5.74) is 1.22. The van der Waals surface area contributed by atoms with E-state index >= 15 is 0 Å². The Labute approximate surface area is 109 Å². The zero-order valence-electron chi connectivity index (χ0n) is 12.1. The van der Waals surface area contributed by atoms with Crippen LogP contribution in [0, 0.1) is 12.3 Å². The normalized spacial score (nSPS) is 13.2.